The minimum Gasteiger partial charge on any atom is -0.387 e. The van der Waals surface area contributed by atoms with Gasteiger partial charge in [0.25, 0.3) is 0 Å². The lowest BCUT2D eigenvalue weighted by Crippen LogP contribution is -2.36. The highest BCUT2D eigenvalue weighted by molar-refractivity contribution is 6.30. The van der Waals surface area contributed by atoms with E-state index in [0.717, 1.165) is 0 Å². The Hall–Kier alpha value is -1.10. The van der Waals surface area contributed by atoms with Crippen LogP contribution in [-0.4, -0.2) is 30.3 Å². The van der Waals surface area contributed by atoms with Crippen molar-refractivity contribution in [3.05, 3.63) is 34.9 Å². The van der Waals surface area contributed by atoms with Crippen molar-refractivity contribution < 1.29 is 14.6 Å². The van der Waals surface area contributed by atoms with Crippen LogP contribution in [0.4, 0.5) is 0 Å². The Morgan fingerprint density at radius 1 is 1.44 bits per heavy atom. The monoisotopic (exact) mass is 271 g/mol. The van der Waals surface area contributed by atoms with Crippen molar-refractivity contribution in [2.75, 3.05) is 13.2 Å². The molecule has 2 unspecified atom stereocenters. The third kappa shape index (κ3) is 4.64. The van der Waals surface area contributed by atoms with Gasteiger partial charge in [-0.2, -0.15) is 0 Å². The van der Waals surface area contributed by atoms with Crippen LogP contribution < -0.4 is 5.32 Å². The Labute approximate surface area is 112 Å². The van der Waals surface area contributed by atoms with Crippen LogP contribution >= 0.6 is 11.6 Å². The summed E-state index contributed by atoms with van der Waals surface area (Å²) in [6.07, 6.45) is -1.26. The number of aliphatic hydroxyl groups excluding tert-OH is 1. The predicted octanol–water partition coefficient (Wildman–Crippen LogP) is 1.91. The van der Waals surface area contributed by atoms with Crippen molar-refractivity contribution in [2.24, 2.45) is 0 Å². The number of carbonyl (C=O) groups excluding carboxylic acids is 1. The lowest BCUT2D eigenvalue weighted by Gasteiger charge is -2.15. The number of nitrogens with one attached hydrogen (secondary N) is 1. The van der Waals surface area contributed by atoms with E-state index in [4.69, 9.17) is 16.3 Å². The van der Waals surface area contributed by atoms with Crippen molar-refractivity contribution in [2.45, 2.75) is 26.1 Å². The van der Waals surface area contributed by atoms with E-state index < -0.39 is 12.2 Å². The van der Waals surface area contributed by atoms with Crippen LogP contribution in [0.5, 0.6) is 0 Å². The number of aliphatic hydroxyl groups is 1. The SMILES string of the molecule is CCOC(C)C(=O)NCC(O)c1ccc(Cl)cc1. The van der Waals surface area contributed by atoms with Crippen LogP contribution in [0.15, 0.2) is 24.3 Å². The van der Waals surface area contributed by atoms with Crippen LogP contribution in [0, 0.1) is 0 Å². The maximum atomic E-state index is 11.6. The molecular formula is C13H18ClNO3. The van der Waals surface area contributed by atoms with Crippen molar-refractivity contribution in [1.82, 2.24) is 5.32 Å². The zero-order valence-corrected chi connectivity index (χ0v) is 11.3. The molecule has 1 aromatic rings. The fourth-order valence-electron chi connectivity index (χ4n) is 1.47. The first-order valence-electron chi connectivity index (χ1n) is 5.87. The summed E-state index contributed by atoms with van der Waals surface area (Å²) in [5, 5.41) is 13.1. The fourth-order valence-corrected chi connectivity index (χ4v) is 1.60. The van der Waals surface area contributed by atoms with Crippen molar-refractivity contribution in [3.8, 4) is 0 Å². The summed E-state index contributed by atoms with van der Waals surface area (Å²) in [4.78, 5) is 11.6. The molecule has 1 rings (SSSR count). The van der Waals surface area contributed by atoms with Gasteiger partial charge in [-0.3, -0.25) is 4.79 Å². The first-order chi connectivity index (χ1) is 8.54. The predicted molar refractivity (Wildman–Crippen MR) is 70.5 cm³/mol. The summed E-state index contributed by atoms with van der Waals surface area (Å²) in [7, 11) is 0. The van der Waals surface area contributed by atoms with Crippen LogP contribution in [0.1, 0.15) is 25.5 Å². The first-order valence-corrected chi connectivity index (χ1v) is 6.25. The minimum atomic E-state index is -0.750. The van der Waals surface area contributed by atoms with Gasteiger partial charge in [0.15, 0.2) is 0 Å². The standard InChI is InChI=1S/C13H18ClNO3/c1-3-18-9(2)13(17)15-8-12(16)10-4-6-11(14)7-5-10/h4-7,9,12,16H,3,8H2,1-2H3,(H,15,17). The minimum absolute atomic E-state index is 0.151. The number of amides is 1. The maximum Gasteiger partial charge on any atom is 0.248 e. The number of benzene rings is 1. The summed E-state index contributed by atoms with van der Waals surface area (Å²) in [6, 6.07) is 6.85. The molecule has 0 aliphatic carbocycles. The molecule has 2 N–H and O–H groups in total. The zero-order valence-electron chi connectivity index (χ0n) is 10.5. The number of carbonyl (C=O) groups is 1. The highest BCUT2D eigenvalue weighted by Gasteiger charge is 2.14. The van der Waals surface area contributed by atoms with E-state index in [1.165, 1.54) is 0 Å². The lowest BCUT2D eigenvalue weighted by molar-refractivity contribution is -0.131. The molecule has 0 aromatic heterocycles. The van der Waals surface area contributed by atoms with Crippen LogP contribution in [-0.2, 0) is 9.53 Å². The summed E-state index contributed by atoms with van der Waals surface area (Å²) in [5.41, 5.74) is 0.712. The van der Waals surface area contributed by atoms with E-state index in [1.54, 1.807) is 31.2 Å². The fraction of sp³-hybridized carbons (Fsp3) is 0.462. The average Bonchev–Trinajstić information content (AvgIpc) is 2.36. The molecule has 18 heavy (non-hydrogen) atoms. The van der Waals surface area contributed by atoms with E-state index in [-0.39, 0.29) is 12.5 Å². The van der Waals surface area contributed by atoms with Gasteiger partial charge in [-0.05, 0) is 31.5 Å². The van der Waals surface area contributed by atoms with Crippen molar-refractivity contribution >= 4 is 17.5 Å². The second-order valence-corrected chi connectivity index (χ2v) is 4.35. The molecule has 0 bridgehead atoms. The molecule has 2 atom stereocenters. The van der Waals surface area contributed by atoms with Crippen molar-refractivity contribution in [1.29, 1.82) is 0 Å². The molecule has 1 amide bonds. The molecule has 5 heteroatoms. The first kappa shape index (κ1) is 15.0. The highest BCUT2D eigenvalue weighted by Crippen LogP contribution is 2.15. The molecule has 1 aromatic carbocycles. The largest absolute Gasteiger partial charge is 0.387 e. The van der Waals surface area contributed by atoms with E-state index in [1.807, 2.05) is 6.92 Å². The van der Waals surface area contributed by atoms with Gasteiger partial charge in [0, 0.05) is 18.2 Å². The van der Waals surface area contributed by atoms with E-state index in [9.17, 15) is 9.90 Å². The molecule has 0 saturated carbocycles. The molecule has 100 valence electrons. The van der Waals surface area contributed by atoms with Gasteiger partial charge in [0.1, 0.15) is 6.10 Å². The third-order valence-corrected chi connectivity index (χ3v) is 2.76. The van der Waals surface area contributed by atoms with Crippen molar-refractivity contribution in [3.63, 3.8) is 0 Å². The molecule has 0 saturated heterocycles. The zero-order chi connectivity index (χ0) is 13.5. The summed E-state index contributed by atoms with van der Waals surface area (Å²) in [5.74, 6) is -0.232. The Morgan fingerprint density at radius 2 is 2.06 bits per heavy atom. The van der Waals surface area contributed by atoms with Crippen LogP contribution in [0.25, 0.3) is 0 Å². The van der Waals surface area contributed by atoms with Gasteiger partial charge >= 0.3 is 0 Å². The summed E-state index contributed by atoms with van der Waals surface area (Å²) >= 11 is 5.75. The molecule has 0 aliphatic heterocycles. The molecule has 0 radical (unpaired) electrons. The smallest absolute Gasteiger partial charge is 0.248 e. The number of hydrogen-bond donors (Lipinski definition) is 2. The topological polar surface area (TPSA) is 58.6 Å². The molecule has 0 spiro atoms. The molecule has 0 aliphatic rings. The van der Waals surface area contributed by atoms with E-state index >= 15 is 0 Å². The molecule has 4 nitrogen and oxygen atoms in total. The van der Waals surface area contributed by atoms with E-state index in [2.05, 4.69) is 5.32 Å². The van der Waals surface area contributed by atoms with Crippen LogP contribution in [0.2, 0.25) is 5.02 Å². The summed E-state index contributed by atoms with van der Waals surface area (Å²) in [6.45, 7) is 4.13. The Bertz CT molecular complexity index is 380. The molecule has 0 fully saturated rings. The van der Waals surface area contributed by atoms with Gasteiger partial charge in [0.2, 0.25) is 5.91 Å². The quantitative estimate of drug-likeness (QED) is 0.831. The summed E-state index contributed by atoms with van der Waals surface area (Å²) < 4.78 is 5.15. The Morgan fingerprint density at radius 3 is 2.61 bits per heavy atom. The van der Waals surface area contributed by atoms with Gasteiger partial charge in [-0.25, -0.2) is 0 Å². The maximum absolute atomic E-state index is 11.6. The highest BCUT2D eigenvalue weighted by atomic mass is 35.5. The van der Waals surface area contributed by atoms with Gasteiger partial charge in [0.05, 0.1) is 6.10 Å². The normalized spacial score (nSPS) is 14.0. The second-order valence-electron chi connectivity index (χ2n) is 3.91. The van der Waals surface area contributed by atoms with Gasteiger partial charge in [-0.15, -0.1) is 0 Å². The number of rotatable bonds is 6. The van der Waals surface area contributed by atoms with Gasteiger partial charge in [-0.1, -0.05) is 23.7 Å². The Kier molecular flexibility index (Phi) is 6.12. The molecular weight excluding hydrogens is 254 g/mol. The third-order valence-electron chi connectivity index (χ3n) is 2.51. The number of halogens is 1. The van der Waals surface area contributed by atoms with E-state index in [0.29, 0.717) is 17.2 Å². The average molecular weight is 272 g/mol. The number of ether oxygens (including phenoxy) is 1. The van der Waals surface area contributed by atoms with Crippen LogP contribution in [0.3, 0.4) is 0 Å². The second kappa shape index (κ2) is 7.36. The Balaban J connectivity index is 2.43. The lowest BCUT2D eigenvalue weighted by atomic mass is 10.1. The number of hydrogen-bond acceptors (Lipinski definition) is 3. The van der Waals surface area contributed by atoms with Gasteiger partial charge < -0.3 is 15.2 Å². The molecule has 0 heterocycles.